The molecule has 1 unspecified atom stereocenters. The van der Waals surface area contributed by atoms with Crippen LogP contribution in [0.5, 0.6) is 0 Å². The monoisotopic (exact) mass is 364 g/mol. The second kappa shape index (κ2) is 9.16. The van der Waals surface area contributed by atoms with Gasteiger partial charge in [-0.15, -0.1) is 11.3 Å². The summed E-state index contributed by atoms with van der Waals surface area (Å²) in [5.41, 5.74) is 1.62. The fraction of sp³-hybridized carbons (Fsp3) is 0.500. The molecule has 0 saturated heterocycles. The van der Waals surface area contributed by atoms with E-state index in [1.807, 2.05) is 26.8 Å². The molecule has 3 N–H and O–H groups in total. The summed E-state index contributed by atoms with van der Waals surface area (Å²) in [5.74, 6) is 0.353. The Morgan fingerprint density at radius 2 is 2.28 bits per heavy atom. The van der Waals surface area contributed by atoms with Crippen molar-refractivity contribution in [1.29, 1.82) is 0 Å². The number of H-pyrrole nitrogens is 1. The average molecular weight is 364 g/mol. The van der Waals surface area contributed by atoms with Crippen LogP contribution in [0.25, 0.3) is 0 Å². The largest absolute Gasteiger partial charge is 0.462 e. The van der Waals surface area contributed by atoms with Gasteiger partial charge >= 0.3 is 5.97 Å². The van der Waals surface area contributed by atoms with Crippen LogP contribution in [0.2, 0.25) is 0 Å². The Bertz CT molecular complexity index is 710. The van der Waals surface area contributed by atoms with Gasteiger partial charge in [0.1, 0.15) is 9.88 Å². The molecule has 0 aliphatic rings. The maximum atomic E-state index is 11.9. The first kappa shape index (κ1) is 18.9. The molecule has 2 heterocycles. The Morgan fingerprint density at radius 3 is 2.92 bits per heavy atom. The van der Waals surface area contributed by atoms with E-state index in [-0.39, 0.29) is 12.0 Å². The van der Waals surface area contributed by atoms with Crippen molar-refractivity contribution in [2.45, 2.75) is 40.3 Å². The molecule has 2 aromatic rings. The Morgan fingerprint density at radius 1 is 1.48 bits per heavy atom. The number of thiazole rings is 1. The molecule has 2 rings (SSSR count). The Hall–Kier alpha value is -2.42. The van der Waals surface area contributed by atoms with Crippen molar-refractivity contribution in [2.24, 2.45) is 4.99 Å². The summed E-state index contributed by atoms with van der Waals surface area (Å²) in [6, 6.07) is 1.79. The number of hydrogen-bond donors (Lipinski definition) is 3. The normalized spacial score (nSPS) is 12.7. The van der Waals surface area contributed by atoms with Crippen LogP contribution in [0.3, 0.4) is 0 Å². The van der Waals surface area contributed by atoms with Crippen LogP contribution >= 0.6 is 11.3 Å². The third-order valence-electron chi connectivity index (χ3n) is 3.31. The molecule has 136 valence electrons. The quantitative estimate of drug-likeness (QED) is 0.395. The lowest BCUT2D eigenvalue weighted by atomic mass is 10.3. The molecule has 0 spiro atoms. The fourth-order valence-electron chi connectivity index (χ4n) is 2.11. The molecule has 9 heteroatoms. The second-order valence-electron chi connectivity index (χ2n) is 5.33. The molecule has 8 nitrogen and oxygen atoms in total. The van der Waals surface area contributed by atoms with Gasteiger partial charge in [-0.1, -0.05) is 0 Å². The van der Waals surface area contributed by atoms with Gasteiger partial charge in [0.25, 0.3) is 0 Å². The lowest BCUT2D eigenvalue weighted by Crippen LogP contribution is -2.38. The summed E-state index contributed by atoms with van der Waals surface area (Å²) in [6.07, 6.45) is 1.70. The minimum absolute atomic E-state index is 0.0913. The van der Waals surface area contributed by atoms with Gasteiger partial charge in [0.2, 0.25) is 0 Å². The molecular weight excluding hydrogens is 340 g/mol. The number of hydrogen-bond acceptors (Lipinski definition) is 6. The first-order valence-electron chi connectivity index (χ1n) is 8.22. The molecule has 0 radical (unpaired) electrons. The van der Waals surface area contributed by atoms with Crippen molar-refractivity contribution in [3.8, 4) is 0 Å². The maximum absolute atomic E-state index is 11.9. The molecule has 0 aliphatic heterocycles. The summed E-state index contributed by atoms with van der Waals surface area (Å²) in [7, 11) is 0. The molecule has 0 aliphatic carbocycles. The number of nitrogens with zero attached hydrogens (tertiary/aromatic N) is 3. The third-order valence-corrected chi connectivity index (χ3v) is 4.63. The summed E-state index contributed by atoms with van der Waals surface area (Å²) in [4.78, 5) is 21.5. The van der Waals surface area contributed by atoms with Crippen LogP contribution < -0.4 is 10.6 Å². The van der Waals surface area contributed by atoms with Gasteiger partial charge in [-0.2, -0.15) is 5.10 Å². The van der Waals surface area contributed by atoms with Crippen molar-refractivity contribution in [3.05, 3.63) is 33.5 Å². The molecule has 0 aromatic carbocycles. The van der Waals surface area contributed by atoms with Gasteiger partial charge in [-0.3, -0.25) is 5.10 Å². The van der Waals surface area contributed by atoms with E-state index in [0.717, 1.165) is 17.2 Å². The molecule has 0 fully saturated rings. The van der Waals surface area contributed by atoms with Crippen molar-refractivity contribution in [3.63, 3.8) is 0 Å². The van der Waals surface area contributed by atoms with E-state index in [1.54, 1.807) is 13.1 Å². The van der Waals surface area contributed by atoms with E-state index in [0.29, 0.717) is 29.7 Å². The highest BCUT2D eigenvalue weighted by Crippen LogP contribution is 2.24. The predicted octanol–water partition coefficient (Wildman–Crippen LogP) is 2.17. The minimum Gasteiger partial charge on any atom is -0.462 e. The van der Waals surface area contributed by atoms with E-state index in [9.17, 15) is 4.79 Å². The van der Waals surface area contributed by atoms with E-state index < -0.39 is 0 Å². The summed E-state index contributed by atoms with van der Waals surface area (Å²) >= 11 is 1.34. The zero-order valence-electron chi connectivity index (χ0n) is 14.9. The number of carbonyl (C=O) groups is 1. The van der Waals surface area contributed by atoms with Gasteiger partial charge in [0.15, 0.2) is 5.96 Å². The number of aromatic amines is 1. The minimum atomic E-state index is -0.323. The number of guanidine groups is 1. The van der Waals surface area contributed by atoms with E-state index in [2.05, 4.69) is 30.8 Å². The fourth-order valence-corrected chi connectivity index (χ4v) is 3.08. The average Bonchev–Trinajstić information content (AvgIpc) is 3.22. The van der Waals surface area contributed by atoms with Crippen LogP contribution in [0.4, 0.5) is 0 Å². The molecule has 1 atom stereocenters. The van der Waals surface area contributed by atoms with E-state index >= 15 is 0 Å². The molecule has 0 amide bonds. The Balaban J connectivity index is 2.07. The van der Waals surface area contributed by atoms with Gasteiger partial charge in [-0.25, -0.2) is 14.8 Å². The summed E-state index contributed by atoms with van der Waals surface area (Å²) < 4.78 is 5.07. The molecule has 2 aromatic heterocycles. The zero-order chi connectivity index (χ0) is 18.2. The van der Waals surface area contributed by atoms with Crippen molar-refractivity contribution in [2.75, 3.05) is 13.2 Å². The zero-order valence-corrected chi connectivity index (χ0v) is 15.7. The second-order valence-corrected chi connectivity index (χ2v) is 6.36. The molecule has 0 saturated carbocycles. The highest BCUT2D eigenvalue weighted by atomic mass is 32.1. The Labute approximate surface area is 151 Å². The van der Waals surface area contributed by atoms with Gasteiger partial charge in [-0.05, 0) is 33.8 Å². The van der Waals surface area contributed by atoms with Crippen molar-refractivity contribution >= 4 is 23.3 Å². The van der Waals surface area contributed by atoms with E-state index in [1.165, 1.54) is 11.3 Å². The maximum Gasteiger partial charge on any atom is 0.350 e. The standard InChI is InChI=1S/C16H24N6O2S/c1-5-17-16(18-9-12-7-8-19-22-12)21-11(4)14-20-10(3)13(25-14)15(23)24-6-2/h7-8,11H,5-6,9H2,1-4H3,(H,19,22)(H2,17,18,21). The van der Waals surface area contributed by atoms with Crippen LogP contribution in [0, 0.1) is 6.92 Å². The number of aliphatic imine (C=N–C) groups is 1. The number of aromatic nitrogens is 3. The first-order valence-corrected chi connectivity index (χ1v) is 9.04. The van der Waals surface area contributed by atoms with Gasteiger partial charge < -0.3 is 15.4 Å². The number of ether oxygens (including phenoxy) is 1. The van der Waals surface area contributed by atoms with Crippen LogP contribution in [-0.4, -0.2) is 40.3 Å². The molecular formula is C16H24N6O2S. The predicted molar refractivity (Wildman–Crippen MR) is 97.8 cm³/mol. The van der Waals surface area contributed by atoms with Crippen LogP contribution in [0.1, 0.15) is 52.9 Å². The highest BCUT2D eigenvalue weighted by Gasteiger charge is 2.20. The number of rotatable bonds is 7. The lowest BCUT2D eigenvalue weighted by Gasteiger charge is -2.15. The third kappa shape index (κ3) is 5.28. The van der Waals surface area contributed by atoms with Crippen molar-refractivity contribution < 1.29 is 9.53 Å². The first-order chi connectivity index (χ1) is 12.0. The van der Waals surface area contributed by atoms with Crippen molar-refractivity contribution in [1.82, 2.24) is 25.8 Å². The Kier molecular flexibility index (Phi) is 6.93. The number of aryl methyl sites for hydroxylation is 1. The number of nitrogens with one attached hydrogen (secondary N) is 3. The van der Waals surface area contributed by atoms with Crippen LogP contribution in [0.15, 0.2) is 17.3 Å². The van der Waals surface area contributed by atoms with Crippen LogP contribution in [-0.2, 0) is 11.3 Å². The molecule has 0 bridgehead atoms. The number of carbonyl (C=O) groups excluding carboxylic acids is 1. The lowest BCUT2D eigenvalue weighted by molar-refractivity contribution is 0.0531. The summed E-state index contributed by atoms with van der Waals surface area (Å²) in [6.45, 7) is 9.18. The smallest absolute Gasteiger partial charge is 0.350 e. The highest BCUT2D eigenvalue weighted by molar-refractivity contribution is 7.13. The topological polar surface area (TPSA) is 104 Å². The van der Waals surface area contributed by atoms with E-state index in [4.69, 9.17) is 4.74 Å². The van der Waals surface area contributed by atoms with Gasteiger partial charge in [0.05, 0.1) is 30.6 Å². The number of esters is 1. The summed E-state index contributed by atoms with van der Waals surface area (Å²) in [5, 5.41) is 14.1. The van der Waals surface area contributed by atoms with Gasteiger partial charge in [0, 0.05) is 12.7 Å². The molecule has 25 heavy (non-hydrogen) atoms. The SMILES string of the molecule is CCNC(=NCc1ccn[nH]1)NC(C)c1nc(C)c(C(=O)OCC)s1.